The second-order valence-electron chi connectivity index (χ2n) is 8.06. The molecule has 0 unspecified atom stereocenters. The fraction of sp³-hybridized carbons (Fsp3) is 0.304. The van der Waals surface area contributed by atoms with Gasteiger partial charge in [0.25, 0.3) is 5.91 Å². The maximum atomic E-state index is 13.5. The maximum absolute atomic E-state index is 13.5. The van der Waals surface area contributed by atoms with E-state index in [4.69, 9.17) is 16.3 Å². The summed E-state index contributed by atoms with van der Waals surface area (Å²) in [6.07, 6.45) is -4.58. The van der Waals surface area contributed by atoms with Gasteiger partial charge in [-0.05, 0) is 55.7 Å². The van der Waals surface area contributed by atoms with Gasteiger partial charge in [0.15, 0.2) is 0 Å². The molecule has 188 valence electrons. The first-order valence-electron chi connectivity index (χ1n) is 10.6. The van der Waals surface area contributed by atoms with Gasteiger partial charge in [-0.25, -0.2) is 10.2 Å². The Morgan fingerprint density at radius 3 is 2.49 bits per heavy atom. The van der Waals surface area contributed by atoms with Crippen molar-refractivity contribution in [2.24, 2.45) is 11.6 Å². The lowest BCUT2D eigenvalue weighted by atomic mass is 10.1. The number of halogens is 4. The Balaban J connectivity index is 1.82. The molecule has 12 heteroatoms. The average Bonchev–Trinajstić information content (AvgIpc) is 3.57. The number of anilines is 2. The van der Waals surface area contributed by atoms with Crippen LogP contribution in [0.4, 0.5) is 28.9 Å². The number of carbonyl (C=O) groups excluding carboxylic acids is 2. The van der Waals surface area contributed by atoms with Crippen molar-refractivity contribution < 1.29 is 31.9 Å². The van der Waals surface area contributed by atoms with Crippen LogP contribution in [0, 0.1) is 12.7 Å². The zero-order valence-electron chi connectivity index (χ0n) is 18.8. The van der Waals surface area contributed by atoms with Gasteiger partial charge in [-0.15, -0.1) is 0 Å². The second-order valence-corrected chi connectivity index (χ2v) is 8.06. The zero-order chi connectivity index (χ0) is 25.8. The monoisotopic (exact) mass is 495 g/mol. The first kappa shape index (κ1) is 25.8. The van der Waals surface area contributed by atoms with E-state index in [0.717, 1.165) is 23.9 Å². The van der Waals surface area contributed by atoms with E-state index in [1.165, 1.54) is 36.4 Å². The van der Waals surface area contributed by atoms with Crippen molar-refractivity contribution in [3.05, 3.63) is 65.2 Å². The lowest BCUT2D eigenvalue weighted by molar-refractivity contribution is -0.150. The van der Waals surface area contributed by atoms with Gasteiger partial charge in [-0.3, -0.25) is 14.6 Å². The molecular weight excluding hydrogens is 470 g/mol. The van der Waals surface area contributed by atoms with Crippen LogP contribution in [0.25, 0.3) is 0 Å². The Morgan fingerprint density at radius 1 is 1.17 bits per heavy atom. The number of ether oxygens (including phenoxy) is 1. The Morgan fingerprint density at radius 2 is 1.89 bits per heavy atom. The third-order valence-electron chi connectivity index (χ3n) is 5.05. The van der Waals surface area contributed by atoms with E-state index in [2.05, 4.69) is 10.6 Å². The van der Waals surface area contributed by atoms with Gasteiger partial charge in [0, 0.05) is 17.8 Å². The van der Waals surface area contributed by atoms with Gasteiger partial charge in [0.05, 0.1) is 5.69 Å². The summed E-state index contributed by atoms with van der Waals surface area (Å²) in [5, 5.41) is 6.05. The van der Waals surface area contributed by atoms with Crippen molar-refractivity contribution in [1.82, 2.24) is 5.32 Å². The van der Waals surface area contributed by atoms with E-state index in [9.17, 15) is 27.2 Å². The molecule has 1 saturated carbocycles. The highest BCUT2D eigenvalue weighted by Gasteiger charge is 2.31. The molecule has 0 aliphatic heterocycles. The number of nitrogens with two attached hydrogens (primary N) is 2. The number of benzene rings is 2. The number of nitrogens with zero attached hydrogens (tertiary/aromatic N) is 1. The number of alkyl halides is 3. The molecule has 0 radical (unpaired) electrons. The highest BCUT2D eigenvalue weighted by molar-refractivity contribution is 5.94. The molecule has 2 aromatic rings. The van der Waals surface area contributed by atoms with Gasteiger partial charge in [-0.1, -0.05) is 6.07 Å². The molecule has 0 heterocycles. The molecule has 1 aliphatic carbocycles. The van der Waals surface area contributed by atoms with Crippen LogP contribution in [-0.4, -0.2) is 30.6 Å². The normalized spacial score (nSPS) is 14.1. The van der Waals surface area contributed by atoms with Crippen LogP contribution < -0.4 is 32.0 Å². The van der Waals surface area contributed by atoms with Crippen LogP contribution >= 0.6 is 0 Å². The van der Waals surface area contributed by atoms with Gasteiger partial charge in [0.2, 0.25) is 5.91 Å². The molecular formula is C23H25F4N5O3. The quantitative estimate of drug-likeness (QED) is 0.183. The summed E-state index contributed by atoms with van der Waals surface area (Å²) in [5.41, 5.74) is 6.85. The molecule has 35 heavy (non-hydrogen) atoms. The minimum atomic E-state index is -4.63. The lowest BCUT2D eigenvalue weighted by Crippen LogP contribution is -2.40. The highest BCUT2D eigenvalue weighted by Crippen LogP contribution is 2.27. The number of hydrogen-bond acceptors (Lipinski definition) is 6. The molecule has 8 nitrogen and oxygen atoms in total. The molecule has 0 saturated heterocycles. The summed E-state index contributed by atoms with van der Waals surface area (Å²) in [5.74, 6) is 4.16. The van der Waals surface area contributed by atoms with Crippen LogP contribution in [0.15, 0.2) is 53.9 Å². The fourth-order valence-corrected chi connectivity index (χ4v) is 3.08. The van der Waals surface area contributed by atoms with E-state index in [1.54, 1.807) is 6.92 Å². The summed E-state index contributed by atoms with van der Waals surface area (Å²) >= 11 is 0. The number of rotatable bonds is 9. The van der Waals surface area contributed by atoms with Crippen molar-refractivity contribution in [3.63, 3.8) is 0 Å². The fourth-order valence-electron chi connectivity index (χ4n) is 3.08. The first-order valence-corrected chi connectivity index (χ1v) is 10.6. The highest BCUT2D eigenvalue weighted by atomic mass is 19.4. The van der Waals surface area contributed by atoms with Crippen LogP contribution in [0.1, 0.15) is 24.8 Å². The van der Waals surface area contributed by atoms with Crippen LogP contribution in [0.5, 0.6) is 5.75 Å². The van der Waals surface area contributed by atoms with Gasteiger partial charge < -0.3 is 21.1 Å². The molecule has 0 aromatic heterocycles. The molecule has 0 spiro atoms. The average molecular weight is 495 g/mol. The van der Waals surface area contributed by atoms with Crippen molar-refractivity contribution in [1.29, 1.82) is 0 Å². The van der Waals surface area contributed by atoms with Gasteiger partial charge in [0.1, 0.15) is 36.0 Å². The molecule has 0 atom stereocenters. The number of hydrazine groups is 1. The van der Waals surface area contributed by atoms with Crippen LogP contribution in [0.3, 0.4) is 0 Å². The number of carbonyl (C=O) groups is 2. The molecule has 2 amide bonds. The molecule has 1 aliphatic rings. The van der Waals surface area contributed by atoms with E-state index in [1.807, 2.05) is 0 Å². The van der Waals surface area contributed by atoms with Crippen LogP contribution in [-0.2, 0) is 9.59 Å². The summed E-state index contributed by atoms with van der Waals surface area (Å²) in [7, 11) is 0. The Bertz CT molecular complexity index is 1130. The van der Waals surface area contributed by atoms with Crippen LogP contribution in [0.2, 0.25) is 0 Å². The topological polar surface area (TPSA) is 123 Å². The van der Waals surface area contributed by atoms with E-state index < -0.39 is 30.2 Å². The Labute approximate surface area is 198 Å². The lowest BCUT2D eigenvalue weighted by Gasteiger charge is -2.25. The number of amides is 2. The summed E-state index contributed by atoms with van der Waals surface area (Å²) < 4.78 is 56.4. The predicted molar refractivity (Wildman–Crippen MR) is 121 cm³/mol. The summed E-state index contributed by atoms with van der Waals surface area (Å²) in [4.78, 5) is 24.2. The number of hydrogen-bond donors (Lipinski definition) is 4. The van der Waals surface area contributed by atoms with Crippen molar-refractivity contribution in [2.75, 3.05) is 16.9 Å². The Kier molecular flexibility index (Phi) is 7.85. The van der Waals surface area contributed by atoms with E-state index in [-0.39, 0.29) is 35.5 Å². The van der Waals surface area contributed by atoms with E-state index in [0.29, 0.717) is 11.3 Å². The smallest absolute Gasteiger partial charge is 0.397 e. The SMILES string of the molecule is Cc1cc(N(N)/C(COc2cccc(F)c2)=C(\N)C(=O)NC2CC2)ccc1NC(=O)CC(F)(F)F. The first-order chi connectivity index (χ1) is 16.4. The zero-order valence-corrected chi connectivity index (χ0v) is 18.8. The number of nitrogens with one attached hydrogen (secondary N) is 2. The third kappa shape index (κ3) is 7.60. The predicted octanol–water partition coefficient (Wildman–Crippen LogP) is 3.23. The Hall–Kier alpha value is -3.80. The molecule has 0 bridgehead atoms. The van der Waals surface area contributed by atoms with Crippen molar-refractivity contribution in [2.45, 2.75) is 38.4 Å². The van der Waals surface area contributed by atoms with Crippen molar-refractivity contribution in [3.8, 4) is 5.75 Å². The largest absolute Gasteiger partial charge is 0.487 e. The maximum Gasteiger partial charge on any atom is 0.397 e. The van der Waals surface area contributed by atoms with Gasteiger partial charge in [-0.2, -0.15) is 13.2 Å². The second kappa shape index (κ2) is 10.6. The third-order valence-corrected chi connectivity index (χ3v) is 5.05. The summed E-state index contributed by atoms with van der Waals surface area (Å²) in [6.45, 7) is 1.28. The van der Waals surface area contributed by atoms with Crippen molar-refractivity contribution >= 4 is 23.2 Å². The van der Waals surface area contributed by atoms with Gasteiger partial charge >= 0.3 is 6.18 Å². The molecule has 3 rings (SSSR count). The molecule has 6 N–H and O–H groups in total. The summed E-state index contributed by atoms with van der Waals surface area (Å²) in [6, 6.07) is 9.71. The molecule has 1 fully saturated rings. The minimum absolute atomic E-state index is 0.0273. The standard InChI is InChI=1S/C23H25F4N5O3/c1-13-9-16(7-8-18(13)31-20(33)11-23(25,26)27)32(29)19(21(28)22(34)30-15-5-6-15)12-35-17-4-2-3-14(24)10-17/h2-4,7-10,15H,5-6,11-12,28-29H2,1H3,(H,30,34)(H,31,33)/b21-19-. The number of aryl methyl sites for hydroxylation is 1. The molecule has 2 aromatic carbocycles. The van der Waals surface area contributed by atoms with E-state index >= 15 is 0 Å². The minimum Gasteiger partial charge on any atom is -0.487 e.